The van der Waals surface area contributed by atoms with Crippen molar-refractivity contribution in [1.29, 1.82) is 0 Å². The van der Waals surface area contributed by atoms with E-state index in [4.69, 9.17) is 0 Å². The van der Waals surface area contributed by atoms with Crippen LogP contribution in [0.5, 0.6) is 0 Å². The minimum absolute atomic E-state index is 0.144. The fourth-order valence-electron chi connectivity index (χ4n) is 3.66. The zero-order valence-electron chi connectivity index (χ0n) is 13.2. The Morgan fingerprint density at radius 1 is 1.05 bits per heavy atom. The predicted octanol–water partition coefficient (Wildman–Crippen LogP) is 5.07. The molecule has 1 unspecified atom stereocenters. The molecule has 1 aliphatic carbocycles. The first-order chi connectivity index (χ1) is 8.96. The highest BCUT2D eigenvalue weighted by atomic mass is 15.3. The van der Waals surface area contributed by atoms with Gasteiger partial charge in [0.2, 0.25) is 0 Å². The Morgan fingerprint density at radius 3 is 2.26 bits per heavy atom. The van der Waals surface area contributed by atoms with E-state index in [0.29, 0.717) is 6.04 Å². The number of rotatable bonds is 5. The van der Waals surface area contributed by atoms with Gasteiger partial charge >= 0.3 is 0 Å². The van der Waals surface area contributed by atoms with Crippen molar-refractivity contribution in [1.82, 2.24) is 4.90 Å². The maximum Gasteiger partial charge on any atom is 0.0472 e. The molecule has 1 heteroatoms. The van der Waals surface area contributed by atoms with Gasteiger partial charge in [0.25, 0.3) is 0 Å². The SMILES string of the molecule is CCCC(CCC)N1C2=CC(C)(C=CC=C2)C1(C)C. The van der Waals surface area contributed by atoms with Crippen LogP contribution >= 0.6 is 0 Å². The standard InChI is InChI=1S/C18H29N/c1-6-10-15(11-7-2)19-16-12-8-9-13-18(5,14-16)17(19,3)4/h8-9,12-15H,6-7,10-11H2,1-5H3. The molecule has 1 nitrogen and oxygen atoms in total. The summed E-state index contributed by atoms with van der Waals surface area (Å²) in [6.45, 7) is 11.8. The van der Waals surface area contributed by atoms with Crippen LogP contribution in [0.25, 0.3) is 0 Å². The van der Waals surface area contributed by atoms with Gasteiger partial charge in [-0.2, -0.15) is 0 Å². The van der Waals surface area contributed by atoms with E-state index in [1.165, 1.54) is 31.4 Å². The van der Waals surface area contributed by atoms with Crippen LogP contribution in [0, 0.1) is 5.41 Å². The second-order valence-corrected chi connectivity index (χ2v) is 6.73. The van der Waals surface area contributed by atoms with Crippen molar-refractivity contribution in [3.05, 3.63) is 36.1 Å². The quantitative estimate of drug-likeness (QED) is 0.666. The normalized spacial score (nSPS) is 27.9. The molecule has 0 aromatic rings. The molecule has 2 bridgehead atoms. The molecule has 0 aromatic carbocycles. The van der Waals surface area contributed by atoms with Gasteiger partial charge in [0.1, 0.15) is 0 Å². The zero-order chi connectivity index (χ0) is 14.1. The summed E-state index contributed by atoms with van der Waals surface area (Å²) < 4.78 is 0. The molecule has 19 heavy (non-hydrogen) atoms. The Balaban J connectivity index is 2.37. The van der Waals surface area contributed by atoms with Crippen LogP contribution in [0.15, 0.2) is 36.1 Å². The van der Waals surface area contributed by atoms with Gasteiger partial charge < -0.3 is 4.90 Å². The van der Waals surface area contributed by atoms with E-state index < -0.39 is 0 Å². The largest absolute Gasteiger partial charge is 0.362 e. The first-order valence-corrected chi connectivity index (χ1v) is 7.84. The van der Waals surface area contributed by atoms with Gasteiger partial charge in [-0.3, -0.25) is 0 Å². The monoisotopic (exact) mass is 259 g/mol. The molecule has 1 atom stereocenters. The molecular weight excluding hydrogens is 230 g/mol. The highest BCUT2D eigenvalue weighted by Crippen LogP contribution is 2.50. The van der Waals surface area contributed by atoms with Crippen molar-refractivity contribution >= 4 is 0 Å². The molecule has 0 radical (unpaired) electrons. The van der Waals surface area contributed by atoms with Crippen LogP contribution in [0.1, 0.15) is 60.3 Å². The topological polar surface area (TPSA) is 3.24 Å². The second kappa shape index (κ2) is 5.19. The lowest BCUT2D eigenvalue weighted by atomic mass is 9.73. The van der Waals surface area contributed by atoms with E-state index >= 15 is 0 Å². The molecule has 2 rings (SSSR count). The van der Waals surface area contributed by atoms with E-state index in [2.05, 4.69) is 69.9 Å². The molecular formula is C18H29N. The number of allylic oxidation sites excluding steroid dienone is 3. The first kappa shape index (κ1) is 14.4. The molecule has 0 spiro atoms. The number of fused-ring (bicyclic) bond motifs is 1. The third-order valence-electron chi connectivity index (χ3n) is 5.08. The molecule has 0 amide bonds. The van der Waals surface area contributed by atoms with Crippen LogP contribution < -0.4 is 0 Å². The smallest absolute Gasteiger partial charge is 0.0472 e. The van der Waals surface area contributed by atoms with E-state index in [1.54, 1.807) is 0 Å². The van der Waals surface area contributed by atoms with Crippen LogP contribution in [-0.4, -0.2) is 16.5 Å². The summed E-state index contributed by atoms with van der Waals surface area (Å²) in [5.74, 6) is 0. The van der Waals surface area contributed by atoms with E-state index in [9.17, 15) is 0 Å². The molecule has 0 aromatic heterocycles. The average Bonchev–Trinajstić information content (AvgIpc) is 2.48. The van der Waals surface area contributed by atoms with Gasteiger partial charge in [-0.25, -0.2) is 0 Å². The minimum atomic E-state index is 0.144. The lowest BCUT2D eigenvalue weighted by Crippen LogP contribution is -2.52. The average molecular weight is 259 g/mol. The molecule has 0 fully saturated rings. The third-order valence-corrected chi connectivity index (χ3v) is 5.08. The van der Waals surface area contributed by atoms with Crippen molar-refractivity contribution < 1.29 is 0 Å². The third kappa shape index (κ3) is 2.28. The molecule has 2 aliphatic rings. The zero-order valence-corrected chi connectivity index (χ0v) is 13.2. The Hall–Kier alpha value is -0.980. The van der Waals surface area contributed by atoms with Crippen molar-refractivity contribution in [3.63, 3.8) is 0 Å². The minimum Gasteiger partial charge on any atom is -0.362 e. The van der Waals surface area contributed by atoms with Gasteiger partial charge in [0.15, 0.2) is 0 Å². The predicted molar refractivity (Wildman–Crippen MR) is 84.0 cm³/mol. The van der Waals surface area contributed by atoms with Crippen molar-refractivity contribution in [3.8, 4) is 0 Å². The summed E-state index contributed by atoms with van der Waals surface area (Å²) in [5, 5.41) is 0. The fraction of sp³-hybridized carbons (Fsp3) is 0.667. The van der Waals surface area contributed by atoms with E-state index in [-0.39, 0.29) is 11.0 Å². The van der Waals surface area contributed by atoms with Crippen LogP contribution in [-0.2, 0) is 0 Å². The molecule has 0 saturated carbocycles. The van der Waals surface area contributed by atoms with Crippen molar-refractivity contribution in [2.24, 2.45) is 5.41 Å². The van der Waals surface area contributed by atoms with Gasteiger partial charge in [0, 0.05) is 22.7 Å². The lowest BCUT2D eigenvalue weighted by Gasteiger charge is -2.48. The second-order valence-electron chi connectivity index (χ2n) is 6.73. The van der Waals surface area contributed by atoms with E-state index in [1.807, 2.05) is 0 Å². The first-order valence-electron chi connectivity index (χ1n) is 7.84. The summed E-state index contributed by atoms with van der Waals surface area (Å²) in [6, 6.07) is 0.675. The highest BCUT2D eigenvalue weighted by molar-refractivity contribution is 5.40. The van der Waals surface area contributed by atoms with Gasteiger partial charge in [-0.05, 0) is 38.8 Å². The molecule has 106 valence electrons. The highest BCUT2D eigenvalue weighted by Gasteiger charge is 2.49. The maximum atomic E-state index is 2.69. The van der Waals surface area contributed by atoms with Crippen molar-refractivity contribution in [2.75, 3.05) is 0 Å². The van der Waals surface area contributed by atoms with Gasteiger partial charge in [-0.1, -0.05) is 51.8 Å². The van der Waals surface area contributed by atoms with Crippen LogP contribution in [0.3, 0.4) is 0 Å². The Bertz CT molecular complexity index is 407. The molecule has 1 aliphatic heterocycles. The summed E-state index contributed by atoms with van der Waals surface area (Å²) in [7, 11) is 0. The molecule has 1 heterocycles. The van der Waals surface area contributed by atoms with E-state index in [0.717, 1.165) is 0 Å². The summed E-state index contributed by atoms with van der Waals surface area (Å²) in [6.07, 6.45) is 16.6. The van der Waals surface area contributed by atoms with Crippen molar-refractivity contribution in [2.45, 2.75) is 71.9 Å². The fourth-order valence-corrected chi connectivity index (χ4v) is 3.66. The Morgan fingerprint density at radius 2 is 1.68 bits per heavy atom. The summed E-state index contributed by atoms with van der Waals surface area (Å²) in [4.78, 5) is 2.69. The Labute approximate surface area is 119 Å². The molecule has 0 saturated heterocycles. The van der Waals surface area contributed by atoms with Gasteiger partial charge in [0.05, 0.1) is 0 Å². The van der Waals surface area contributed by atoms with Gasteiger partial charge in [-0.15, -0.1) is 0 Å². The number of hydrogen-bond donors (Lipinski definition) is 0. The lowest BCUT2D eigenvalue weighted by molar-refractivity contribution is 0.0693. The maximum absolute atomic E-state index is 2.69. The summed E-state index contributed by atoms with van der Waals surface area (Å²) >= 11 is 0. The Kier molecular flexibility index (Phi) is 3.94. The summed E-state index contributed by atoms with van der Waals surface area (Å²) in [5.41, 5.74) is 1.73. The van der Waals surface area contributed by atoms with Crippen LogP contribution in [0.2, 0.25) is 0 Å². The molecule has 0 N–H and O–H groups in total. The number of hydrogen-bond acceptors (Lipinski definition) is 1. The number of nitrogens with zero attached hydrogens (tertiary/aromatic N) is 1. The van der Waals surface area contributed by atoms with Crippen LogP contribution in [0.4, 0.5) is 0 Å².